The summed E-state index contributed by atoms with van der Waals surface area (Å²) in [4.78, 5) is 37.0. The SMILES string of the molecule is O=C1CSc2ccc(C(=O)OCC(=O)N[C@@H]3CCCc4ccccc43)cc2N1. The summed E-state index contributed by atoms with van der Waals surface area (Å²) in [6, 6.07) is 13.0. The lowest BCUT2D eigenvalue weighted by atomic mass is 9.88. The minimum atomic E-state index is -0.591. The molecule has 0 bridgehead atoms. The third-order valence-electron chi connectivity index (χ3n) is 4.89. The minimum absolute atomic E-state index is 0.0490. The van der Waals surface area contributed by atoms with Crippen molar-refractivity contribution in [1.82, 2.24) is 5.32 Å². The highest BCUT2D eigenvalue weighted by Crippen LogP contribution is 2.32. The van der Waals surface area contributed by atoms with Crippen LogP contribution in [-0.4, -0.2) is 30.1 Å². The van der Waals surface area contributed by atoms with Crippen molar-refractivity contribution in [2.24, 2.45) is 0 Å². The molecule has 0 radical (unpaired) electrons. The van der Waals surface area contributed by atoms with Gasteiger partial charge in [-0.3, -0.25) is 9.59 Å². The first-order chi connectivity index (χ1) is 13.6. The fraction of sp³-hybridized carbons (Fsp3) is 0.286. The summed E-state index contributed by atoms with van der Waals surface area (Å²) in [6.45, 7) is -0.338. The topological polar surface area (TPSA) is 84.5 Å². The molecule has 1 aliphatic carbocycles. The van der Waals surface area contributed by atoms with Crippen LogP contribution in [0.5, 0.6) is 0 Å². The zero-order valence-electron chi connectivity index (χ0n) is 15.2. The lowest BCUT2D eigenvalue weighted by Crippen LogP contribution is -2.34. The Morgan fingerprint density at radius 1 is 1.21 bits per heavy atom. The molecule has 2 N–H and O–H groups in total. The summed E-state index contributed by atoms with van der Waals surface area (Å²) in [6.07, 6.45) is 2.91. The first-order valence-corrected chi connectivity index (χ1v) is 10.2. The van der Waals surface area contributed by atoms with Gasteiger partial charge in [-0.2, -0.15) is 0 Å². The van der Waals surface area contributed by atoms with E-state index in [2.05, 4.69) is 16.7 Å². The third-order valence-corrected chi connectivity index (χ3v) is 5.96. The van der Waals surface area contributed by atoms with Crippen molar-refractivity contribution >= 4 is 35.2 Å². The molecule has 2 aromatic rings. The Kier molecular flexibility index (Phi) is 5.34. The van der Waals surface area contributed by atoms with Crippen molar-refractivity contribution in [2.75, 3.05) is 17.7 Å². The minimum Gasteiger partial charge on any atom is -0.452 e. The van der Waals surface area contributed by atoms with Crippen molar-refractivity contribution in [2.45, 2.75) is 30.2 Å². The lowest BCUT2D eigenvalue weighted by Gasteiger charge is -2.26. The molecule has 1 heterocycles. The van der Waals surface area contributed by atoms with Crippen molar-refractivity contribution < 1.29 is 19.1 Å². The number of fused-ring (bicyclic) bond motifs is 2. The van der Waals surface area contributed by atoms with E-state index in [1.54, 1.807) is 18.2 Å². The van der Waals surface area contributed by atoms with Crippen LogP contribution in [-0.2, 0) is 20.7 Å². The standard InChI is InChI=1S/C21H20N2O4S/c24-19(22-16-7-3-5-13-4-1-2-6-15(13)16)11-27-21(26)14-8-9-18-17(10-14)23-20(25)12-28-18/h1-2,4,6,8-10,16H,3,5,7,11-12H2,(H,22,24)(H,23,25)/t16-/m1/s1. The Hall–Kier alpha value is -2.80. The molecule has 0 aromatic heterocycles. The number of benzene rings is 2. The molecular weight excluding hydrogens is 376 g/mol. The first kappa shape index (κ1) is 18.6. The number of ether oxygens (including phenoxy) is 1. The molecule has 0 spiro atoms. The highest BCUT2D eigenvalue weighted by atomic mass is 32.2. The second kappa shape index (κ2) is 8.06. The van der Waals surface area contributed by atoms with E-state index in [-0.39, 0.29) is 24.5 Å². The van der Waals surface area contributed by atoms with E-state index < -0.39 is 5.97 Å². The molecule has 7 heteroatoms. The fourth-order valence-corrected chi connectivity index (χ4v) is 4.35. The second-order valence-electron chi connectivity index (χ2n) is 6.84. The van der Waals surface area contributed by atoms with Gasteiger partial charge in [0.15, 0.2) is 6.61 Å². The van der Waals surface area contributed by atoms with Gasteiger partial charge in [0.25, 0.3) is 5.91 Å². The van der Waals surface area contributed by atoms with Crippen LogP contribution in [0.15, 0.2) is 47.4 Å². The quantitative estimate of drug-likeness (QED) is 0.776. The smallest absolute Gasteiger partial charge is 0.338 e. The number of nitrogens with one attached hydrogen (secondary N) is 2. The predicted octanol–water partition coefficient (Wildman–Crippen LogP) is 3.08. The van der Waals surface area contributed by atoms with E-state index in [1.807, 2.05) is 18.2 Å². The van der Waals surface area contributed by atoms with Crippen molar-refractivity contribution in [3.8, 4) is 0 Å². The zero-order valence-corrected chi connectivity index (χ0v) is 16.0. The van der Waals surface area contributed by atoms with E-state index in [4.69, 9.17) is 4.74 Å². The Morgan fingerprint density at radius 2 is 2.07 bits per heavy atom. The van der Waals surface area contributed by atoms with Gasteiger partial charge < -0.3 is 15.4 Å². The maximum Gasteiger partial charge on any atom is 0.338 e. The van der Waals surface area contributed by atoms with Crippen molar-refractivity contribution in [3.05, 3.63) is 59.2 Å². The predicted molar refractivity (Wildman–Crippen MR) is 106 cm³/mol. The lowest BCUT2D eigenvalue weighted by molar-refractivity contribution is -0.125. The number of rotatable bonds is 4. The van der Waals surface area contributed by atoms with Crippen LogP contribution in [0.1, 0.15) is 40.4 Å². The number of carbonyl (C=O) groups is 3. The van der Waals surface area contributed by atoms with Gasteiger partial charge in [-0.15, -0.1) is 11.8 Å². The molecule has 1 atom stereocenters. The largest absolute Gasteiger partial charge is 0.452 e. The number of carbonyl (C=O) groups excluding carboxylic acids is 3. The molecule has 1 aliphatic heterocycles. The number of hydrogen-bond donors (Lipinski definition) is 2. The number of aryl methyl sites for hydroxylation is 1. The molecule has 0 unspecified atom stereocenters. The number of esters is 1. The molecular formula is C21H20N2O4S. The molecule has 2 aliphatic rings. The van der Waals surface area contributed by atoms with Gasteiger partial charge in [0, 0.05) is 4.90 Å². The first-order valence-electron chi connectivity index (χ1n) is 9.21. The Balaban J connectivity index is 1.35. The number of amides is 2. The molecule has 0 saturated heterocycles. The van der Waals surface area contributed by atoms with Crippen LogP contribution in [0.2, 0.25) is 0 Å². The summed E-state index contributed by atoms with van der Waals surface area (Å²) in [5.41, 5.74) is 3.29. The molecule has 2 aromatic carbocycles. The second-order valence-corrected chi connectivity index (χ2v) is 7.85. The van der Waals surface area contributed by atoms with Crippen LogP contribution in [0.3, 0.4) is 0 Å². The molecule has 0 fully saturated rings. The van der Waals surface area contributed by atoms with Gasteiger partial charge in [-0.25, -0.2) is 4.79 Å². The third kappa shape index (κ3) is 4.04. The summed E-state index contributed by atoms with van der Waals surface area (Å²) in [5.74, 6) is -0.653. The van der Waals surface area contributed by atoms with Crippen LogP contribution in [0, 0.1) is 0 Å². The summed E-state index contributed by atoms with van der Waals surface area (Å²) < 4.78 is 5.17. The van der Waals surface area contributed by atoms with E-state index in [1.165, 1.54) is 17.3 Å². The fourth-order valence-electron chi connectivity index (χ4n) is 3.56. The number of anilines is 1. The van der Waals surface area contributed by atoms with Crippen molar-refractivity contribution in [1.29, 1.82) is 0 Å². The van der Waals surface area contributed by atoms with Crippen LogP contribution < -0.4 is 10.6 Å². The number of thioether (sulfide) groups is 1. The summed E-state index contributed by atoms with van der Waals surface area (Å²) >= 11 is 1.42. The van der Waals surface area contributed by atoms with Crippen LogP contribution in [0.4, 0.5) is 5.69 Å². The van der Waals surface area contributed by atoms with Crippen molar-refractivity contribution in [3.63, 3.8) is 0 Å². The molecule has 2 amide bonds. The van der Waals surface area contributed by atoms with E-state index in [0.29, 0.717) is 17.0 Å². The Morgan fingerprint density at radius 3 is 2.96 bits per heavy atom. The molecule has 6 nitrogen and oxygen atoms in total. The average molecular weight is 396 g/mol. The van der Waals surface area contributed by atoms with Gasteiger partial charge in [0.05, 0.1) is 23.0 Å². The highest BCUT2D eigenvalue weighted by molar-refractivity contribution is 8.00. The highest BCUT2D eigenvalue weighted by Gasteiger charge is 2.22. The molecule has 144 valence electrons. The molecule has 4 rings (SSSR count). The van der Waals surface area contributed by atoms with Gasteiger partial charge in [-0.05, 0) is 48.6 Å². The Labute approximate surface area is 167 Å². The Bertz CT molecular complexity index is 944. The average Bonchev–Trinajstić information content (AvgIpc) is 2.71. The van der Waals surface area contributed by atoms with Crippen LogP contribution in [0.25, 0.3) is 0 Å². The normalized spacial score (nSPS) is 17.7. The molecule has 0 saturated carbocycles. The van der Waals surface area contributed by atoms with Gasteiger partial charge in [0.1, 0.15) is 0 Å². The van der Waals surface area contributed by atoms with E-state index in [0.717, 1.165) is 29.7 Å². The van der Waals surface area contributed by atoms with Gasteiger partial charge >= 0.3 is 5.97 Å². The molecule has 28 heavy (non-hydrogen) atoms. The summed E-state index contributed by atoms with van der Waals surface area (Å²) in [5, 5.41) is 5.70. The van der Waals surface area contributed by atoms with E-state index >= 15 is 0 Å². The number of hydrogen-bond acceptors (Lipinski definition) is 5. The zero-order chi connectivity index (χ0) is 19.5. The maximum absolute atomic E-state index is 12.3. The monoisotopic (exact) mass is 396 g/mol. The van der Waals surface area contributed by atoms with Crippen LogP contribution >= 0.6 is 11.8 Å². The maximum atomic E-state index is 12.3. The van der Waals surface area contributed by atoms with E-state index in [9.17, 15) is 14.4 Å². The summed E-state index contributed by atoms with van der Waals surface area (Å²) in [7, 11) is 0. The van der Waals surface area contributed by atoms with Gasteiger partial charge in [-0.1, -0.05) is 24.3 Å². The van der Waals surface area contributed by atoms with Gasteiger partial charge in [0.2, 0.25) is 5.91 Å².